The summed E-state index contributed by atoms with van der Waals surface area (Å²) in [5.74, 6) is 1.20. The number of hydrogen-bond acceptors (Lipinski definition) is 4. The van der Waals surface area contributed by atoms with Crippen molar-refractivity contribution in [2.75, 3.05) is 45.9 Å². The summed E-state index contributed by atoms with van der Waals surface area (Å²) in [5, 5.41) is 3.47. The molecule has 0 aliphatic carbocycles. The molecule has 0 aromatic heterocycles. The molecule has 0 radical (unpaired) electrons. The fourth-order valence-electron chi connectivity index (χ4n) is 1.59. The largest absolute Gasteiger partial charge is 0.385 e. The van der Waals surface area contributed by atoms with Crippen LogP contribution in [-0.2, 0) is 4.74 Å². The highest BCUT2D eigenvalue weighted by atomic mass is 32.2. The maximum atomic E-state index is 5.01. The molecule has 3 nitrogen and oxygen atoms in total. The molecule has 2 atom stereocenters. The molecule has 1 N–H and O–H groups in total. The normalized spacial score (nSPS) is 15.4. The predicted molar refractivity (Wildman–Crippen MR) is 74.4 cm³/mol. The monoisotopic (exact) mass is 248 g/mol. The Morgan fingerprint density at radius 2 is 2.00 bits per heavy atom. The lowest BCUT2D eigenvalue weighted by atomic mass is 10.2. The lowest BCUT2D eigenvalue weighted by Crippen LogP contribution is -2.43. The summed E-state index contributed by atoms with van der Waals surface area (Å²) in [6.45, 7) is 7.51. The van der Waals surface area contributed by atoms with Gasteiger partial charge >= 0.3 is 0 Å². The van der Waals surface area contributed by atoms with Crippen molar-refractivity contribution in [2.24, 2.45) is 0 Å². The van der Waals surface area contributed by atoms with E-state index in [1.807, 2.05) is 11.8 Å². The van der Waals surface area contributed by atoms with Crippen molar-refractivity contribution >= 4 is 11.8 Å². The number of likely N-dealkylation sites (N-methyl/N-ethyl adjacent to an activating group) is 1. The van der Waals surface area contributed by atoms with E-state index < -0.39 is 0 Å². The molecule has 16 heavy (non-hydrogen) atoms. The Kier molecular flexibility index (Phi) is 10.5. The van der Waals surface area contributed by atoms with E-state index in [4.69, 9.17) is 4.74 Å². The van der Waals surface area contributed by atoms with Crippen molar-refractivity contribution in [2.45, 2.75) is 32.4 Å². The molecule has 4 heteroatoms. The number of hydrogen-bond donors (Lipinski definition) is 1. The molecule has 0 spiro atoms. The molecule has 2 unspecified atom stereocenters. The maximum absolute atomic E-state index is 5.01. The summed E-state index contributed by atoms with van der Waals surface area (Å²) in [6, 6.07) is 1.23. The number of ether oxygens (including phenoxy) is 1. The lowest BCUT2D eigenvalue weighted by molar-refractivity contribution is 0.187. The van der Waals surface area contributed by atoms with Crippen LogP contribution < -0.4 is 5.32 Å². The summed E-state index contributed by atoms with van der Waals surface area (Å²) < 4.78 is 5.01. The second kappa shape index (κ2) is 10.4. The zero-order valence-corrected chi connectivity index (χ0v) is 12.3. The molecule has 0 aromatic carbocycles. The Bertz CT molecular complexity index is 158. The molecule has 0 aliphatic heterocycles. The third kappa shape index (κ3) is 7.49. The zero-order valence-electron chi connectivity index (χ0n) is 11.5. The highest BCUT2D eigenvalue weighted by molar-refractivity contribution is 7.98. The number of methoxy groups -OCH3 is 1. The first-order valence-electron chi connectivity index (χ1n) is 6.04. The summed E-state index contributed by atoms with van der Waals surface area (Å²) in [4.78, 5) is 2.44. The van der Waals surface area contributed by atoms with Crippen LogP contribution in [0.4, 0.5) is 0 Å². The van der Waals surface area contributed by atoms with Gasteiger partial charge in [-0.2, -0.15) is 11.8 Å². The quantitative estimate of drug-likeness (QED) is 0.595. The molecular weight excluding hydrogens is 220 g/mol. The molecule has 0 bridgehead atoms. The van der Waals surface area contributed by atoms with Crippen molar-refractivity contribution in [3.63, 3.8) is 0 Å². The van der Waals surface area contributed by atoms with Crippen LogP contribution in [0, 0.1) is 0 Å². The van der Waals surface area contributed by atoms with E-state index >= 15 is 0 Å². The minimum atomic E-state index is 0.588. The van der Waals surface area contributed by atoms with E-state index in [1.54, 1.807) is 7.11 Å². The highest BCUT2D eigenvalue weighted by Crippen LogP contribution is 2.06. The van der Waals surface area contributed by atoms with Crippen LogP contribution in [0.5, 0.6) is 0 Å². The predicted octanol–water partition coefficient (Wildman–Crippen LogP) is 1.68. The topological polar surface area (TPSA) is 24.5 Å². The van der Waals surface area contributed by atoms with E-state index in [1.165, 1.54) is 5.75 Å². The van der Waals surface area contributed by atoms with Crippen molar-refractivity contribution in [1.29, 1.82) is 0 Å². The Morgan fingerprint density at radius 3 is 2.56 bits per heavy atom. The molecule has 0 saturated carbocycles. The van der Waals surface area contributed by atoms with Crippen LogP contribution in [0.1, 0.15) is 20.3 Å². The van der Waals surface area contributed by atoms with Crippen molar-refractivity contribution < 1.29 is 4.74 Å². The minimum Gasteiger partial charge on any atom is -0.385 e. The van der Waals surface area contributed by atoms with Crippen molar-refractivity contribution in [1.82, 2.24) is 10.2 Å². The average Bonchev–Trinajstić information content (AvgIpc) is 2.27. The van der Waals surface area contributed by atoms with Gasteiger partial charge in [0.25, 0.3) is 0 Å². The smallest absolute Gasteiger partial charge is 0.0474 e. The first kappa shape index (κ1) is 16.2. The first-order valence-corrected chi connectivity index (χ1v) is 7.43. The van der Waals surface area contributed by atoms with E-state index in [2.05, 4.69) is 37.4 Å². The van der Waals surface area contributed by atoms with E-state index in [9.17, 15) is 0 Å². The molecule has 0 rings (SSSR count). The first-order chi connectivity index (χ1) is 7.63. The fourth-order valence-corrected chi connectivity index (χ4v) is 2.31. The van der Waals surface area contributed by atoms with Gasteiger partial charge in [-0.05, 0) is 40.1 Å². The fraction of sp³-hybridized carbons (Fsp3) is 1.00. The number of nitrogens with one attached hydrogen (secondary N) is 1. The molecule has 0 heterocycles. The van der Waals surface area contributed by atoms with Gasteiger partial charge in [-0.15, -0.1) is 0 Å². The van der Waals surface area contributed by atoms with Crippen molar-refractivity contribution in [3.8, 4) is 0 Å². The second-order valence-electron chi connectivity index (χ2n) is 4.37. The highest BCUT2D eigenvalue weighted by Gasteiger charge is 2.14. The van der Waals surface area contributed by atoms with Gasteiger partial charge in [-0.1, -0.05) is 0 Å². The standard InChI is InChI=1S/C12H28N2OS/c1-11(9-13-7-6-8-15-4)14(3)12(2)10-16-5/h11-13H,6-10H2,1-5H3. The molecule has 98 valence electrons. The maximum Gasteiger partial charge on any atom is 0.0474 e. The van der Waals surface area contributed by atoms with Gasteiger partial charge in [0.05, 0.1) is 0 Å². The van der Waals surface area contributed by atoms with Crippen LogP contribution in [0.2, 0.25) is 0 Å². The summed E-state index contributed by atoms with van der Waals surface area (Å²) in [6.07, 6.45) is 3.26. The third-order valence-corrected chi connectivity index (χ3v) is 3.76. The molecule has 0 aliphatic rings. The molecule has 0 aromatic rings. The summed E-state index contributed by atoms with van der Waals surface area (Å²) >= 11 is 1.91. The third-order valence-electron chi connectivity index (χ3n) is 2.94. The van der Waals surface area contributed by atoms with E-state index in [0.717, 1.165) is 26.1 Å². The Balaban J connectivity index is 3.58. The van der Waals surface area contributed by atoms with Crippen LogP contribution in [-0.4, -0.2) is 62.8 Å². The van der Waals surface area contributed by atoms with Gasteiger partial charge in [-0.25, -0.2) is 0 Å². The average molecular weight is 248 g/mol. The summed E-state index contributed by atoms with van der Waals surface area (Å²) in [7, 11) is 3.96. The number of thioether (sulfide) groups is 1. The van der Waals surface area contributed by atoms with Gasteiger partial charge in [-0.3, -0.25) is 4.90 Å². The molecule has 0 fully saturated rings. The second-order valence-corrected chi connectivity index (χ2v) is 5.28. The van der Waals surface area contributed by atoms with Crippen LogP contribution >= 0.6 is 11.8 Å². The molecule has 0 amide bonds. The summed E-state index contributed by atoms with van der Waals surface area (Å²) in [5.41, 5.74) is 0. The Morgan fingerprint density at radius 1 is 1.31 bits per heavy atom. The molecular formula is C12H28N2OS. The van der Waals surface area contributed by atoms with Crippen LogP contribution in [0.25, 0.3) is 0 Å². The van der Waals surface area contributed by atoms with Gasteiger partial charge in [0.2, 0.25) is 0 Å². The van der Waals surface area contributed by atoms with Gasteiger partial charge in [0, 0.05) is 38.1 Å². The lowest BCUT2D eigenvalue weighted by Gasteiger charge is -2.30. The Labute approximate surface area is 105 Å². The van der Waals surface area contributed by atoms with E-state index in [-0.39, 0.29) is 0 Å². The Hall–Kier alpha value is 0.230. The number of rotatable bonds is 10. The molecule has 0 saturated heterocycles. The van der Waals surface area contributed by atoms with Gasteiger partial charge < -0.3 is 10.1 Å². The van der Waals surface area contributed by atoms with Crippen molar-refractivity contribution in [3.05, 3.63) is 0 Å². The number of nitrogens with zero attached hydrogens (tertiary/aromatic N) is 1. The van der Waals surface area contributed by atoms with Gasteiger partial charge in [0.15, 0.2) is 0 Å². The van der Waals surface area contributed by atoms with Crippen LogP contribution in [0.15, 0.2) is 0 Å². The zero-order chi connectivity index (χ0) is 12.4. The van der Waals surface area contributed by atoms with Crippen LogP contribution in [0.3, 0.4) is 0 Å². The minimum absolute atomic E-state index is 0.588. The SMILES string of the molecule is COCCCNCC(C)N(C)C(C)CSC. The van der Waals surface area contributed by atoms with E-state index in [0.29, 0.717) is 12.1 Å². The van der Waals surface area contributed by atoms with Gasteiger partial charge in [0.1, 0.15) is 0 Å².